The second-order valence-corrected chi connectivity index (χ2v) is 4.99. The molecule has 0 saturated carbocycles. The highest BCUT2D eigenvalue weighted by Crippen LogP contribution is 2.18. The van der Waals surface area contributed by atoms with Crippen LogP contribution in [-0.2, 0) is 9.59 Å². The van der Waals surface area contributed by atoms with E-state index in [1.165, 1.54) is 0 Å². The van der Waals surface area contributed by atoms with Gasteiger partial charge in [-0.05, 0) is 31.5 Å². The Labute approximate surface area is 120 Å². The van der Waals surface area contributed by atoms with Gasteiger partial charge in [-0.15, -0.1) is 0 Å². The maximum Gasteiger partial charge on any atom is 0.320 e. The van der Waals surface area contributed by atoms with Gasteiger partial charge in [0.2, 0.25) is 5.91 Å². The number of anilines is 1. The molecule has 1 aromatic carbocycles. The van der Waals surface area contributed by atoms with Crippen LogP contribution in [0, 0.1) is 11.6 Å². The average molecular weight is 298 g/mol. The van der Waals surface area contributed by atoms with Gasteiger partial charge in [0.25, 0.3) is 0 Å². The molecule has 114 valence electrons. The third-order valence-corrected chi connectivity index (χ3v) is 3.45. The van der Waals surface area contributed by atoms with Crippen molar-refractivity contribution in [2.45, 2.75) is 25.3 Å². The molecule has 0 aliphatic carbocycles. The molecule has 0 bridgehead atoms. The number of piperidine rings is 1. The minimum absolute atomic E-state index is 0.120. The van der Waals surface area contributed by atoms with Crippen LogP contribution in [0.1, 0.15) is 19.3 Å². The molecular formula is C14H16F2N2O3. The fraction of sp³-hybridized carbons (Fsp3) is 0.429. The minimum atomic E-state index is -0.963. The smallest absolute Gasteiger partial charge is 0.320 e. The molecule has 1 atom stereocenters. The van der Waals surface area contributed by atoms with E-state index in [-0.39, 0.29) is 12.2 Å². The number of hydrogen-bond acceptors (Lipinski definition) is 3. The summed E-state index contributed by atoms with van der Waals surface area (Å²) in [5, 5.41) is 11.4. The van der Waals surface area contributed by atoms with Gasteiger partial charge in [0.1, 0.15) is 17.7 Å². The van der Waals surface area contributed by atoms with Crippen molar-refractivity contribution in [1.82, 2.24) is 4.90 Å². The molecule has 1 aromatic rings. The lowest BCUT2D eigenvalue weighted by atomic mass is 10.0. The molecule has 1 aliphatic heterocycles. The molecule has 0 radical (unpaired) electrons. The number of amides is 1. The molecule has 7 heteroatoms. The van der Waals surface area contributed by atoms with Gasteiger partial charge in [0.05, 0.1) is 12.2 Å². The lowest BCUT2D eigenvalue weighted by molar-refractivity contribution is -0.145. The van der Waals surface area contributed by atoms with E-state index in [1.807, 2.05) is 0 Å². The van der Waals surface area contributed by atoms with Crippen molar-refractivity contribution in [2.75, 3.05) is 18.4 Å². The Kier molecular flexibility index (Phi) is 4.85. The molecule has 0 aromatic heterocycles. The summed E-state index contributed by atoms with van der Waals surface area (Å²) in [7, 11) is 0. The Morgan fingerprint density at radius 3 is 2.76 bits per heavy atom. The Morgan fingerprint density at radius 1 is 1.33 bits per heavy atom. The van der Waals surface area contributed by atoms with E-state index < -0.39 is 29.6 Å². The van der Waals surface area contributed by atoms with E-state index in [0.29, 0.717) is 19.0 Å². The molecule has 0 spiro atoms. The maximum absolute atomic E-state index is 13.4. The number of carboxylic acid groups (broad SMARTS) is 1. The van der Waals surface area contributed by atoms with Gasteiger partial charge in [-0.2, -0.15) is 0 Å². The average Bonchev–Trinajstić information content (AvgIpc) is 2.42. The zero-order valence-corrected chi connectivity index (χ0v) is 11.3. The van der Waals surface area contributed by atoms with Crippen LogP contribution in [-0.4, -0.2) is 41.0 Å². The molecule has 1 amide bonds. The standard InChI is InChI=1S/C14H16F2N2O3/c15-9-4-5-11(10(16)7-9)17-13(19)8-18-6-2-1-3-12(18)14(20)21/h4-5,7,12H,1-3,6,8H2,(H,17,19)(H,20,21). The lowest BCUT2D eigenvalue weighted by Gasteiger charge is -2.32. The molecule has 5 nitrogen and oxygen atoms in total. The zero-order chi connectivity index (χ0) is 15.4. The normalized spacial score (nSPS) is 19.2. The fourth-order valence-corrected chi connectivity index (χ4v) is 2.42. The number of likely N-dealkylation sites (tertiary alicyclic amines) is 1. The van der Waals surface area contributed by atoms with Crippen molar-refractivity contribution in [1.29, 1.82) is 0 Å². The van der Waals surface area contributed by atoms with Gasteiger partial charge in [-0.3, -0.25) is 14.5 Å². The fourth-order valence-electron chi connectivity index (χ4n) is 2.42. The second-order valence-electron chi connectivity index (χ2n) is 4.99. The molecule has 2 rings (SSSR count). The Morgan fingerprint density at radius 2 is 2.10 bits per heavy atom. The number of benzene rings is 1. The zero-order valence-electron chi connectivity index (χ0n) is 11.3. The van der Waals surface area contributed by atoms with E-state index in [2.05, 4.69) is 5.32 Å². The number of hydrogen-bond donors (Lipinski definition) is 2. The molecule has 1 unspecified atom stereocenters. The molecule has 1 aliphatic rings. The van der Waals surface area contributed by atoms with E-state index in [0.717, 1.165) is 25.0 Å². The van der Waals surface area contributed by atoms with Crippen LogP contribution in [0.5, 0.6) is 0 Å². The summed E-state index contributed by atoms with van der Waals surface area (Å²) in [6, 6.07) is 2.16. The monoisotopic (exact) mass is 298 g/mol. The highest BCUT2D eigenvalue weighted by Gasteiger charge is 2.29. The highest BCUT2D eigenvalue weighted by atomic mass is 19.1. The maximum atomic E-state index is 13.4. The highest BCUT2D eigenvalue weighted by molar-refractivity contribution is 5.92. The summed E-state index contributed by atoms with van der Waals surface area (Å²) < 4.78 is 26.2. The van der Waals surface area contributed by atoms with Crippen LogP contribution in [0.4, 0.5) is 14.5 Å². The van der Waals surface area contributed by atoms with Crippen LogP contribution in [0.2, 0.25) is 0 Å². The molecule has 1 saturated heterocycles. The van der Waals surface area contributed by atoms with Crippen molar-refractivity contribution < 1.29 is 23.5 Å². The first kappa shape index (κ1) is 15.4. The topological polar surface area (TPSA) is 69.6 Å². The molecule has 1 heterocycles. The van der Waals surface area contributed by atoms with E-state index in [9.17, 15) is 18.4 Å². The van der Waals surface area contributed by atoms with Gasteiger partial charge in [0.15, 0.2) is 0 Å². The van der Waals surface area contributed by atoms with Crippen molar-refractivity contribution in [3.63, 3.8) is 0 Å². The summed E-state index contributed by atoms with van der Waals surface area (Å²) in [4.78, 5) is 24.6. The summed E-state index contributed by atoms with van der Waals surface area (Å²) in [5.74, 6) is -3.08. The van der Waals surface area contributed by atoms with Crippen LogP contribution in [0.3, 0.4) is 0 Å². The van der Waals surface area contributed by atoms with Crippen LogP contribution >= 0.6 is 0 Å². The summed E-state index contributed by atoms with van der Waals surface area (Å²) >= 11 is 0. The first-order chi connectivity index (χ1) is 9.97. The number of nitrogens with one attached hydrogen (secondary N) is 1. The van der Waals surface area contributed by atoms with Gasteiger partial charge in [0, 0.05) is 6.07 Å². The third kappa shape index (κ3) is 3.98. The number of aliphatic carboxylic acids is 1. The van der Waals surface area contributed by atoms with Crippen molar-refractivity contribution in [3.05, 3.63) is 29.8 Å². The van der Waals surface area contributed by atoms with Crippen molar-refractivity contribution in [2.24, 2.45) is 0 Å². The van der Waals surface area contributed by atoms with Crippen molar-refractivity contribution >= 4 is 17.6 Å². The lowest BCUT2D eigenvalue weighted by Crippen LogP contribution is -2.47. The van der Waals surface area contributed by atoms with Crippen LogP contribution in [0.25, 0.3) is 0 Å². The van der Waals surface area contributed by atoms with Gasteiger partial charge in [-0.1, -0.05) is 6.42 Å². The number of carboxylic acids is 1. The van der Waals surface area contributed by atoms with Gasteiger partial charge >= 0.3 is 5.97 Å². The van der Waals surface area contributed by atoms with Gasteiger partial charge in [-0.25, -0.2) is 8.78 Å². The molecule has 21 heavy (non-hydrogen) atoms. The first-order valence-corrected chi connectivity index (χ1v) is 6.69. The predicted molar refractivity (Wildman–Crippen MR) is 71.8 cm³/mol. The number of carbonyl (C=O) groups excluding carboxylic acids is 1. The quantitative estimate of drug-likeness (QED) is 0.890. The molecule has 2 N–H and O–H groups in total. The van der Waals surface area contributed by atoms with Gasteiger partial charge < -0.3 is 10.4 Å². The largest absolute Gasteiger partial charge is 0.480 e. The van der Waals surface area contributed by atoms with E-state index in [1.54, 1.807) is 4.90 Å². The predicted octanol–water partition coefficient (Wildman–Crippen LogP) is 1.84. The number of carbonyl (C=O) groups is 2. The number of halogens is 2. The Hall–Kier alpha value is -2.02. The Bertz CT molecular complexity index is 551. The van der Waals surface area contributed by atoms with Crippen molar-refractivity contribution in [3.8, 4) is 0 Å². The SMILES string of the molecule is O=C(CN1CCCCC1C(=O)O)Nc1ccc(F)cc1F. The Balaban J connectivity index is 1.98. The van der Waals surface area contributed by atoms with Crippen LogP contribution < -0.4 is 5.32 Å². The first-order valence-electron chi connectivity index (χ1n) is 6.69. The molecular weight excluding hydrogens is 282 g/mol. The van der Waals surface area contributed by atoms with E-state index >= 15 is 0 Å². The summed E-state index contributed by atoms with van der Waals surface area (Å²) in [6.07, 6.45) is 2.12. The summed E-state index contributed by atoms with van der Waals surface area (Å²) in [6.45, 7) is 0.379. The second kappa shape index (κ2) is 6.62. The van der Waals surface area contributed by atoms with E-state index in [4.69, 9.17) is 5.11 Å². The van der Waals surface area contributed by atoms with Crippen LogP contribution in [0.15, 0.2) is 18.2 Å². The number of rotatable bonds is 4. The molecule has 1 fully saturated rings. The number of nitrogens with zero attached hydrogens (tertiary/aromatic N) is 1. The summed E-state index contributed by atoms with van der Waals surface area (Å²) in [5.41, 5.74) is -0.120. The minimum Gasteiger partial charge on any atom is -0.480 e. The third-order valence-electron chi connectivity index (χ3n) is 3.45.